The average molecular weight is 374 g/mol. The molecular formula is C20H23NO2S2. The molecule has 0 amide bonds. The summed E-state index contributed by atoms with van der Waals surface area (Å²) in [6.07, 6.45) is 1.66. The van der Waals surface area contributed by atoms with Gasteiger partial charge >= 0.3 is 0 Å². The van der Waals surface area contributed by atoms with E-state index in [0.29, 0.717) is 12.5 Å². The number of sulfonamides is 1. The molecule has 0 aromatic heterocycles. The fourth-order valence-corrected chi connectivity index (χ4v) is 5.85. The van der Waals surface area contributed by atoms with E-state index < -0.39 is 10.0 Å². The highest BCUT2D eigenvalue weighted by Crippen LogP contribution is 2.40. The van der Waals surface area contributed by atoms with Crippen molar-refractivity contribution < 1.29 is 8.42 Å². The first kappa shape index (κ1) is 18.2. The minimum atomic E-state index is -3.45. The van der Waals surface area contributed by atoms with Gasteiger partial charge in [-0.1, -0.05) is 68.4 Å². The maximum Gasteiger partial charge on any atom is 0.237 e. The molecule has 0 unspecified atom stereocenters. The van der Waals surface area contributed by atoms with Crippen LogP contribution in [0.3, 0.4) is 0 Å². The van der Waals surface area contributed by atoms with Gasteiger partial charge in [0.25, 0.3) is 0 Å². The van der Waals surface area contributed by atoms with Gasteiger partial charge < -0.3 is 0 Å². The Balaban J connectivity index is 1.81. The Labute approximate surface area is 154 Å². The van der Waals surface area contributed by atoms with Crippen LogP contribution in [0.4, 0.5) is 0 Å². The first-order valence-electron chi connectivity index (χ1n) is 8.44. The second kappa shape index (κ2) is 7.77. The molecule has 0 radical (unpaired) electrons. The van der Waals surface area contributed by atoms with Gasteiger partial charge in [-0.3, -0.25) is 0 Å². The van der Waals surface area contributed by atoms with Crippen molar-refractivity contribution >= 4 is 27.9 Å². The van der Waals surface area contributed by atoms with Crippen molar-refractivity contribution in [1.82, 2.24) is 4.31 Å². The van der Waals surface area contributed by atoms with Gasteiger partial charge in [-0.2, -0.15) is 4.31 Å². The molecule has 132 valence electrons. The van der Waals surface area contributed by atoms with Crippen LogP contribution in [0.5, 0.6) is 0 Å². The summed E-state index contributed by atoms with van der Waals surface area (Å²) in [4.78, 5) is 0. The molecule has 0 N–H and O–H groups in total. The standard InChI is InChI=1S/C20H23NO2S2/c1-16(2)18-8-10-19(11-9-18)20-21(13-14-24-20)25(22,23)15-12-17-6-4-3-5-7-17/h3-12,15-16,20H,13-14H2,1-2H3/b15-12+/t20-/m0/s1. The summed E-state index contributed by atoms with van der Waals surface area (Å²) in [5.74, 6) is 1.29. The van der Waals surface area contributed by atoms with Crippen LogP contribution in [0.2, 0.25) is 0 Å². The molecule has 1 fully saturated rings. The summed E-state index contributed by atoms with van der Waals surface area (Å²) in [5, 5.41) is 1.18. The van der Waals surface area contributed by atoms with Crippen LogP contribution >= 0.6 is 11.8 Å². The molecular weight excluding hydrogens is 350 g/mol. The molecule has 1 aliphatic rings. The maximum absolute atomic E-state index is 12.8. The minimum absolute atomic E-state index is 0.147. The van der Waals surface area contributed by atoms with Crippen LogP contribution in [0.25, 0.3) is 6.08 Å². The van der Waals surface area contributed by atoms with Crippen LogP contribution in [0, 0.1) is 0 Å². The molecule has 1 saturated heterocycles. The third kappa shape index (κ3) is 4.35. The van der Waals surface area contributed by atoms with E-state index in [0.717, 1.165) is 16.9 Å². The monoisotopic (exact) mass is 373 g/mol. The van der Waals surface area contributed by atoms with E-state index in [2.05, 4.69) is 38.1 Å². The molecule has 3 nitrogen and oxygen atoms in total. The Morgan fingerprint density at radius 1 is 1.08 bits per heavy atom. The van der Waals surface area contributed by atoms with Crippen LogP contribution in [-0.2, 0) is 10.0 Å². The van der Waals surface area contributed by atoms with Crippen molar-refractivity contribution in [1.29, 1.82) is 0 Å². The first-order chi connectivity index (χ1) is 12.0. The lowest BCUT2D eigenvalue weighted by atomic mass is 10.0. The van der Waals surface area contributed by atoms with E-state index >= 15 is 0 Å². The number of rotatable bonds is 5. The number of hydrogen-bond donors (Lipinski definition) is 0. The molecule has 2 aromatic rings. The number of benzene rings is 2. The van der Waals surface area contributed by atoms with Crippen molar-refractivity contribution in [3.8, 4) is 0 Å². The van der Waals surface area contributed by atoms with Crippen LogP contribution < -0.4 is 0 Å². The number of nitrogens with zero attached hydrogens (tertiary/aromatic N) is 1. The smallest absolute Gasteiger partial charge is 0.207 e. The summed E-state index contributed by atoms with van der Waals surface area (Å²) in [5.41, 5.74) is 3.20. The van der Waals surface area contributed by atoms with Gasteiger partial charge in [0.15, 0.2) is 0 Å². The first-order valence-corrected chi connectivity index (χ1v) is 11.0. The van der Waals surface area contributed by atoms with Gasteiger partial charge in [-0.05, 0) is 28.7 Å². The molecule has 1 aliphatic heterocycles. The van der Waals surface area contributed by atoms with Gasteiger partial charge in [-0.25, -0.2) is 8.42 Å². The van der Waals surface area contributed by atoms with E-state index in [9.17, 15) is 8.42 Å². The SMILES string of the molecule is CC(C)c1ccc([C@@H]2SCCN2S(=O)(=O)/C=C/c2ccccc2)cc1. The zero-order valence-electron chi connectivity index (χ0n) is 14.5. The second-order valence-corrected chi connectivity index (χ2v) is 9.37. The van der Waals surface area contributed by atoms with Gasteiger partial charge in [0.1, 0.15) is 0 Å². The minimum Gasteiger partial charge on any atom is -0.207 e. The molecule has 0 bridgehead atoms. The average Bonchev–Trinajstić information content (AvgIpc) is 3.12. The van der Waals surface area contributed by atoms with E-state index in [4.69, 9.17) is 0 Å². The largest absolute Gasteiger partial charge is 0.237 e. The van der Waals surface area contributed by atoms with E-state index in [1.54, 1.807) is 22.1 Å². The number of hydrogen-bond acceptors (Lipinski definition) is 3. The highest BCUT2D eigenvalue weighted by Gasteiger charge is 2.34. The summed E-state index contributed by atoms with van der Waals surface area (Å²) in [7, 11) is -3.45. The van der Waals surface area contributed by atoms with E-state index in [-0.39, 0.29) is 5.37 Å². The topological polar surface area (TPSA) is 37.4 Å². The Bertz CT molecular complexity index is 828. The third-order valence-electron chi connectivity index (χ3n) is 4.30. The normalized spacial score (nSPS) is 19.1. The lowest BCUT2D eigenvalue weighted by molar-refractivity contribution is 0.442. The van der Waals surface area contributed by atoms with Crippen molar-refractivity contribution in [2.75, 3.05) is 12.3 Å². The molecule has 0 spiro atoms. The maximum atomic E-state index is 12.8. The Hall–Kier alpha value is -1.56. The molecule has 0 saturated carbocycles. The van der Waals surface area contributed by atoms with E-state index in [1.165, 1.54) is 11.0 Å². The molecule has 5 heteroatoms. The molecule has 1 atom stereocenters. The van der Waals surface area contributed by atoms with Gasteiger partial charge in [-0.15, -0.1) is 11.8 Å². The molecule has 2 aromatic carbocycles. The lowest BCUT2D eigenvalue weighted by Gasteiger charge is -2.22. The van der Waals surface area contributed by atoms with Crippen LogP contribution in [-0.4, -0.2) is 25.0 Å². The van der Waals surface area contributed by atoms with Crippen LogP contribution in [0.1, 0.15) is 41.8 Å². The quantitative estimate of drug-likeness (QED) is 0.751. The molecule has 25 heavy (non-hydrogen) atoms. The third-order valence-corrected chi connectivity index (χ3v) is 7.22. The van der Waals surface area contributed by atoms with Gasteiger partial charge in [0, 0.05) is 17.7 Å². The van der Waals surface area contributed by atoms with Gasteiger partial charge in [0.05, 0.1) is 5.37 Å². The highest BCUT2D eigenvalue weighted by molar-refractivity contribution is 8.01. The second-order valence-electron chi connectivity index (χ2n) is 6.41. The molecule has 3 rings (SSSR count). The lowest BCUT2D eigenvalue weighted by Crippen LogP contribution is -2.28. The molecule has 0 aliphatic carbocycles. The van der Waals surface area contributed by atoms with Crippen molar-refractivity contribution in [3.63, 3.8) is 0 Å². The summed E-state index contributed by atoms with van der Waals surface area (Å²) in [6, 6.07) is 17.8. The van der Waals surface area contributed by atoms with Crippen molar-refractivity contribution in [3.05, 3.63) is 76.7 Å². The number of thioether (sulfide) groups is 1. The Morgan fingerprint density at radius 2 is 1.76 bits per heavy atom. The predicted molar refractivity (Wildman–Crippen MR) is 107 cm³/mol. The summed E-state index contributed by atoms with van der Waals surface area (Å²) < 4.78 is 27.2. The Morgan fingerprint density at radius 3 is 2.40 bits per heavy atom. The Kier molecular flexibility index (Phi) is 5.67. The van der Waals surface area contributed by atoms with Gasteiger partial charge in [0.2, 0.25) is 10.0 Å². The van der Waals surface area contributed by atoms with Crippen LogP contribution in [0.15, 0.2) is 60.0 Å². The van der Waals surface area contributed by atoms with Crippen molar-refractivity contribution in [2.24, 2.45) is 0 Å². The zero-order valence-corrected chi connectivity index (χ0v) is 16.1. The van der Waals surface area contributed by atoms with Crippen molar-refractivity contribution in [2.45, 2.75) is 25.1 Å². The van der Waals surface area contributed by atoms with E-state index in [1.807, 2.05) is 30.3 Å². The fraction of sp³-hybridized carbons (Fsp3) is 0.300. The fourth-order valence-electron chi connectivity index (χ4n) is 2.83. The zero-order chi connectivity index (χ0) is 17.9. The summed E-state index contributed by atoms with van der Waals surface area (Å²) >= 11 is 1.68. The molecule has 1 heterocycles. The highest BCUT2D eigenvalue weighted by atomic mass is 32.2. The predicted octanol–water partition coefficient (Wildman–Crippen LogP) is 4.86. The summed E-state index contributed by atoms with van der Waals surface area (Å²) in [6.45, 7) is 4.86.